The number of amides is 4. The summed E-state index contributed by atoms with van der Waals surface area (Å²) in [6.07, 6.45) is 1.52. The molecule has 3 aromatic carbocycles. The molecule has 1 aliphatic heterocycles. The number of imide groups is 1. The van der Waals surface area contributed by atoms with Crippen molar-refractivity contribution in [1.82, 2.24) is 14.7 Å². The first kappa shape index (κ1) is 34.8. The van der Waals surface area contributed by atoms with Crippen molar-refractivity contribution in [3.05, 3.63) is 106 Å². The maximum Gasteiger partial charge on any atom is 0.261 e. The Balaban J connectivity index is 0.000000328. The number of primary amides is 2. The molecule has 0 radical (unpaired) electrons. The predicted octanol–water partition coefficient (Wildman–Crippen LogP) is 2.41. The Labute approximate surface area is 254 Å². The predicted molar refractivity (Wildman–Crippen MR) is 170 cm³/mol. The van der Waals surface area contributed by atoms with Crippen LogP contribution in [0.15, 0.2) is 72.8 Å². The number of likely N-dealkylation sites (N-methyl/N-ethyl adjacent to an activating group) is 2. The van der Waals surface area contributed by atoms with E-state index >= 15 is 0 Å². The van der Waals surface area contributed by atoms with Crippen LogP contribution in [-0.2, 0) is 12.8 Å². The average Bonchev–Trinajstić information content (AvgIpc) is 3.21. The van der Waals surface area contributed by atoms with Crippen molar-refractivity contribution in [2.75, 3.05) is 41.3 Å². The van der Waals surface area contributed by atoms with Crippen molar-refractivity contribution in [3.63, 3.8) is 0 Å². The lowest BCUT2D eigenvalue weighted by Crippen LogP contribution is -2.44. The summed E-state index contributed by atoms with van der Waals surface area (Å²) in [7, 11) is 7.85. The molecule has 230 valence electrons. The summed E-state index contributed by atoms with van der Waals surface area (Å²) in [5.74, 6) is -1.36. The summed E-state index contributed by atoms with van der Waals surface area (Å²) in [6.45, 7) is 0.918. The van der Waals surface area contributed by atoms with Gasteiger partial charge in [-0.1, -0.05) is 43.8 Å². The minimum Gasteiger partial charge on any atom is -0.366 e. The summed E-state index contributed by atoms with van der Waals surface area (Å²) in [6, 6.07) is 21.6. The van der Waals surface area contributed by atoms with Crippen LogP contribution in [0.2, 0.25) is 0 Å². The van der Waals surface area contributed by atoms with Gasteiger partial charge in [0.1, 0.15) is 0 Å². The molecular weight excluding hydrogens is 544 g/mol. The van der Waals surface area contributed by atoms with Crippen LogP contribution in [0.25, 0.3) is 0 Å². The molecule has 0 aliphatic carbocycles. The van der Waals surface area contributed by atoms with E-state index in [1.807, 2.05) is 57.4 Å². The second kappa shape index (κ2) is 15.7. The van der Waals surface area contributed by atoms with Crippen LogP contribution in [0.1, 0.15) is 60.0 Å². The fourth-order valence-electron chi connectivity index (χ4n) is 4.66. The Hall–Kier alpha value is -4.38. The number of hydrogen-bond acceptors (Lipinski definition) is 7. The first-order chi connectivity index (χ1) is 19.9. The molecule has 0 unspecified atom stereocenters. The molecule has 4 rings (SSSR count). The largest absolute Gasteiger partial charge is 0.366 e. The molecule has 1 aliphatic rings. The van der Waals surface area contributed by atoms with Crippen LogP contribution in [0.5, 0.6) is 0 Å². The van der Waals surface area contributed by atoms with Crippen molar-refractivity contribution in [3.8, 4) is 0 Å². The zero-order valence-electron chi connectivity index (χ0n) is 24.6. The molecule has 10 nitrogen and oxygen atoms in total. The Morgan fingerprint density at radius 3 is 1.37 bits per heavy atom. The third kappa shape index (κ3) is 9.05. The number of carbonyl (C=O) groups excluding carboxylic acids is 4. The van der Waals surface area contributed by atoms with Gasteiger partial charge < -0.3 is 27.0 Å². The Morgan fingerprint density at radius 1 is 0.674 bits per heavy atom. The van der Waals surface area contributed by atoms with E-state index in [4.69, 9.17) is 17.2 Å². The number of fused-ring (bicyclic) bond motifs is 1. The van der Waals surface area contributed by atoms with Gasteiger partial charge in [-0.25, -0.2) is 0 Å². The monoisotopic (exact) mass is 588 g/mol. The lowest BCUT2D eigenvalue weighted by atomic mass is 10.0. The number of hydrogen-bond donors (Lipinski definition) is 3. The van der Waals surface area contributed by atoms with Crippen LogP contribution in [0.3, 0.4) is 0 Å². The van der Waals surface area contributed by atoms with Gasteiger partial charge in [0.25, 0.3) is 11.8 Å². The molecule has 0 saturated heterocycles. The minimum absolute atomic E-state index is 0. The van der Waals surface area contributed by atoms with Crippen LogP contribution in [0, 0.1) is 0 Å². The molecular formula is C33H44N6O4. The van der Waals surface area contributed by atoms with Gasteiger partial charge in [0.05, 0.1) is 11.1 Å². The summed E-state index contributed by atoms with van der Waals surface area (Å²) in [5, 5.41) is 0. The summed E-state index contributed by atoms with van der Waals surface area (Å²) in [4.78, 5) is 52.6. The molecule has 1 heterocycles. The van der Waals surface area contributed by atoms with Gasteiger partial charge in [0.15, 0.2) is 0 Å². The Morgan fingerprint density at radius 2 is 1.05 bits per heavy atom. The van der Waals surface area contributed by atoms with E-state index in [0.717, 1.165) is 17.5 Å². The molecule has 4 amide bonds. The van der Waals surface area contributed by atoms with E-state index in [1.54, 1.807) is 48.5 Å². The molecule has 2 atom stereocenters. The topological polar surface area (TPSA) is 156 Å². The van der Waals surface area contributed by atoms with Crippen LogP contribution < -0.4 is 17.2 Å². The fourth-order valence-corrected chi connectivity index (χ4v) is 4.66. The molecule has 10 heteroatoms. The number of nitrogens with zero attached hydrogens (tertiary/aromatic N) is 3. The normalized spacial score (nSPS) is 13.6. The van der Waals surface area contributed by atoms with E-state index in [2.05, 4.69) is 4.90 Å². The van der Waals surface area contributed by atoms with Crippen molar-refractivity contribution >= 4 is 23.6 Å². The summed E-state index contributed by atoms with van der Waals surface area (Å²) in [5.41, 5.74) is 20.2. The molecule has 0 saturated carbocycles. The fraction of sp³-hybridized carbons (Fsp3) is 0.333. The standard InChI is InChI=1S/C20H21N3O3.C12H19N3O.CH4/c1-22(2)15(11-13-7-9-14(10-8-13)18(21)24)12-23-19(25)16-5-3-4-6-17(16)20(23)26;1-15(2)11(8-13)7-9-3-5-10(6-4-9)12(14)16;/h3-10,15H,11-12H2,1-2H3,(H2,21,24);3-6,11H,7-8,13H2,1-2H3,(H2,14,16);1H4/t15-;11-;/m00./s1. The molecule has 0 bridgehead atoms. The van der Waals surface area contributed by atoms with E-state index in [-0.39, 0.29) is 25.3 Å². The Bertz CT molecular complexity index is 1370. The van der Waals surface area contributed by atoms with E-state index in [1.165, 1.54) is 4.90 Å². The smallest absolute Gasteiger partial charge is 0.261 e. The van der Waals surface area contributed by atoms with Gasteiger partial charge in [-0.3, -0.25) is 24.1 Å². The molecule has 0 aromatic heterocycles. The average molecular weight is 589 g/mol. The van der Waals surface area contributed by atoms with Gasteiger partial charge in [0.2, 0.25) is 11.8 Å². The van der Waals surface area contributed by atoms with Crippen LogP contribution >= 0.6 is 0 Å². The van der Waals surface area contributed by atoms with E-state index in [0.29, 0.717) is 47.8 Å². The van der Waals surface area contributed by atoms with E-state index < -0.39 is 11.8 Å². The maximum atomic E-state index is 12.6. The highest BCUT2D eigenvalue weighted by molar-refractivity contribution is 6.21. The second-order valence-corrected chi connectivity index (χ2v) is 10.8. The first-order valence-corrected chi connectivity index (χ1v) is 13.7. The molecule has 6 N–H and O–H groups in total. The third-order valence-electron chi connectivity index (χ3n) is 7.42. The quantitative estimate of drug-likeness (QED) is 0.291. The number of carbonyl (C=O) groups is 4. The highest BCUT2D eigenvalue weighted by Crippen LogP contribution is 2.23. The SMILES string of the molecule is C.CN(C)[C@@H](Cc1ccc(C(N)=O)cc1)CN1C(=O)c2ccccc2C1=O.CN(C)[C@H](CN)Cc1ccc(C(N)=O)cc1. The molecule has 0 fully saturated rings. The van der Waals surface area contributed by atoms with Crippen LogP contribution in [-0.4, -0.2) is 91.7 Å². The summed E-state index contributed by atoms with van der Waals surface area (Å²) < 4.78 is 0. The maximum absolute atomic E-state index is 12.6. The zero-order chi connectivity index (χ0) is 31.0. The van der Waals surface area contributed by atoms with Gasteiger partial charge in [-0.15, -0.1) is 0 Å². The summed E-state index contributed by atoms with van der Waals surface area (Å²) >= 11 is 0. The highest BCUT2D eigenvalue weighted by Gasteiger charge is 2.36. The minimum atomic E-state index is -0.466. The van der Waals surface area contributed by atoms with E-state index in [9.17, 15) is 19.2 Å². The highest BCUT2D eigenvalue weighted by atomic mass is 16.2. The molecule has 0 spiro atoms. The molecule has 3 aromatic rings. The van der Waals surface area contributed by atoms with Crippen molar-refractivity contribution < 1.29 is 19.2 Å². The number of benzene rings is 3. The lowest BCUT2D eigenvalue weighted by Gasteiger charge is -2.28. The Kier molecular flexibility index (Phi) is 12.7. The lowest BCUT2D eigenvalue weighted by molar-refractivity contribution is 0.0611. The second-order valence-electron chi connectivity index (χ2n) is 10.8. The van der Waals surface area contributed by atoms with Gasteiger partial charge in [-0.2, -0.15) is 0 Å². The third-order valence-corrected chi connectivity index (χ3v) is 7.42. The number of rotatable bonds is 11. The van der Waals surface area contributed by atoms with Crippen LogP contribution in [0.4, 0.5) is 0 Å². The van der Waals surface area contributed by atoms with Crippen molar-refractivity contribution in [2.24, 2.45) is 17.2 Å². The van der Waals surface area contributed by atoms with Gasteiger partial charge >= 0.3 is 0 Å². The van der Waals surface area contributed by atoms with Gasteiger partial charge in [-0.05, 0) is 88.6 Å². The molecule has 43 heavy (non-hydrogen) atoms. The first-order valence-electron chi connectivity index (χ1n) is 13.7. The zero-order valence-corrected chi connectivity index (χ0v) is 24.6. The van der Waals surface area contributed by atoms with Crippen molar-refractivity contribution in [2.45, 2.75) is 32.4 Å². The number of nitrogens with two attached hydrogens (primary N) is 3. The van der Waals surface area contributed by atoms with Gasteiger partial charge in [0, 0.05) is 36.3 Å². The van der Waals surface area contributed by atoms with Crippen molar-refractivity contribution in [1.29, 1.82) is 0 Å².